The number of hydrogen-bond donors (Lipinski definition) is 3. The molecule has 3 N–H and O–H groups in total. The summed E-state index contributed by atoms with van der Waals surface area (Å²) < 4.78 is 1.25. The van der Waals surface area contributed by atoms with Crippen molar-refractivity contribution in [2.45, 2.75) is 80.9 Å². The molecule has 4 aromatic rings. The van der Waals surface area contributed by atoms with Crippen molar-refractivity contribution in [1.82, 2.24) is 15.1 Å². The van der Waals surface area contributed by atoms with Gasteiger partial charge in [0.15, 0.2) is 0 Å². The Hall–Kier alpha value is -2.26. The third-order valence-corrected chi connectivity index (χ3v) is 9.79. The quantitative estimate of drug-likeness (QED) is 0.0941. The van der Waals surface area contributed by atoms with Crippen molar-refractivity contribution in [3.63, 3.8) is 0 Å². The van der Waals surface area contributed by atoms with Crippen molar-refractivity contribution in [3.8, 4) is 5.69 Å². The summed E-state index contributed by atoms with van der Waals surface area (Å²) in [5, 5.41) is 10.8. The Morgan fingerprint density at radius 1 is 0.783 bits per heavy atom. The van der Waals surface area contributed by atoms with E-state index in [0.717, 1.165) is 12.8 Å². The number of rotatable bonds is 17. The van der Waals surface area contributed by atoms with Crippen LogP contribution in [0.2, 0.25) is 25.1 Å². The molecule has 1 aromatic heterocycles. The number of aromatic amines is 1. The van der Waals surface area contributed by atoms with Crippen LogP contribution in [0.25, 0.3) is 5.69 Å². The average Bonchev–Trinajstić information content (AvgIpc) is 3.30. The van der Waals surface area contributed by atoms with Crippen molar-refractivity contribution >= 4 is 87.2 Å². The number of benzene rings is 3. The van der Waals surface area contributed by atoms with Gasteiger partial charge in [-0.05, 0) is 55.0 Å². The van der Waals surface area contributed by atoms with Crippen LogP contribution < -0.4 is 16.2 Å². The van der Waals surface area contributed by atoms with Crippen LogP contribution in [0, 0.1) is 0 Å². The maximum absolute atomic E-state index is 13.8. The predicted molar refractivity (Wildman–Crippen MR) is 196 cm³/mol. The van der Waals surface area contributed by atoms with Crippen LogP contribution in [0.3, 0.4) is 0 Å². The smallest absolute Gasteiger partial charge is 0.287 e. The second-order valence-corrected chi connectivity index (χ2v) is 14.2. The first-order chi connectivity index (χ1) is 22.2. The Morgan fingerprint density at radius 2 is 1.41 bits per heavy atom. The van der Waals surface area contributed by atoms with E-state index in [1.54, 1.807) is 36.4 Å². The van der Waals surface area contributed by atoms with Gasteiger partial charge in [0.1, 0.15) is 16.4 Å². The summed E-state index contributed by atoms with van der Waals surface area (Å²) in [6.45, 7) is 2.86. The molecule has 0 aliphatic heterocycles. The number of carbonyl (C=O) groups excluding carboxylic acids is 1. The minimum atomic E-state index is -0.417. The van der Waals surface area contributed by atoms with E-state index in [1.165, 1.54) is 79.9 Å². The highest BCUT2D eigenvalue weighted by molar-refractivity contribution is 7.99. The topological polar surface area (TPSA) is 78.9 Å². The van der Waals surface area contributed by atoms with Gasteiger partial charge in [0.05, 0.1) is 20.8 Å². The van der Waals surface area contributed by atoms with Gasteiger partial charge >= 0.3 is 0 Å². The summed E-state index contributed by atoms with van der Waals surface area (Å²) in [7, 11) is 0. The lowest BCUT2D eigenvalue weighted by molar-refractivity contribution is 0.0952. The standard InChI is InChI=1S/C34H37Cl5N4O2S/c1-2-3-4-5-6-7-8-9-10-11-17-40-33(44)22-13-12-14-25(18-22)46-31-32(41-29-16-15-23(35)19-26(29)37)42-43(34(31)45)30-27(38)20-24(36)21-28(30)39/h12-16,18-21,41-42H,2-11,17H2,1H3,(H,40,44). The molecular weight excluding hydrogens is 706 g/mol. The van der Waals surface area contributed by atoms with E-state index in [9.17, 15) is 9.59 Å². The Morgan fingerprint density at radius 3 is 2.07 bits per heavy atom. The molecule has 246 valence electrons. The maximum Gasteiger partial charge on any atom is 0.287 e. The van der Waals surface area contributed by atoms with E-state index in [4.69, 9.17) is 58.0 Å². The highest BCUT2D eigenvalue weighted by atomic mass is 35.5. The normalized spacial score (nSPS) is 11.2. The van der Waals surface area contributed by atoms with Crippen molar-refractivity contribution in [2.75, 3.05) is 11.9 Å². The zero-order valence-corrected chi connectivity index (χ0v) is 30.1. The zero-order chi connectivity index (χ0) is 33.1. The number of nitrogens with one attached hydrogen (secondary N) is 3. The van der Waals surface area contributed by atoms with Crippen LogP contribution in [0.15, 0.2) is 69.2 Å². The summed E-state index contributed by atoms with van der Waals surface area (Å²) >= 11 is 32.8. The fraction of sp³-hybridized carbons (Fsp3) is 0.353. The third-order valence-electron chi connectivity index (χ3n) is 7.38. The van der Waals surface area contributed by atoms with Gasteiger partial charge < -0.3 is 10.6 Å². The molecule has 0 radical (unpaired) electrons. The highest BCUT2D eigenvalue weighted by Gasteiger charge is 2.22. The minimum absolute atomic E-state index is 0.157. The Labute approximate surface area is 299 Å². The first-order valence-corrected chi connectivity index (χ1v) is 18.2. The SMILES string of the molecule is CCCCCCCCCCCCNC(=O)c1cccc(Sc2c(Nc3ccc(Cl)cc3Cl)[nH]n(-c3c(Cl)cc(Cl)cc3Cl)c2=O)c1. The van der Waals surface area contributed by atoms with Crippen molar-refractivity contribution in [2.24, 2.45) is 0 Å². The van der Waals surface area contributed by atoms with Crippen molar-refractivity contribution in [3.05, 3.63) is 95.6 Å². The lowest BCUT2D eigenvalue weighted by Crippen LogP contribution is -2.24. The molecule has 0 fully saturated rings. The number of aromatic nitrogens is 2. The molecule has 0 spiro atoms. The summed E-state index contributed by atoms with van der Waals surface area (Å²) in [5.41, 5.74) is 0.858. The molecule has 0 aliphatic carbocycles. The van der Waals surface area contributed by atoms with Gasteiger partial charge in [-0.25, -0.2) is 4.68 Å². The molecule has 1 heterocycles. The van der Waals surface area contributed by atoms with E-state index in [0.29, 0.717) is 48.5 Å². The van der Waals surface area contributed by atoms with Gasteiger partial charge in [0, 0.05) is 27.0 Å². The lowest BCUT2D eigenvalue weighted by Gasteiger charge is -2.10. The Bertz CT molecular complexity index is 1670. The summed E-state index contributed by atoms with van der Waals surface area (Å²) in [6.07, 6.45) is 12.4. The molecule has 6 nitrogen and oxygen atoms in total. The van der Waals surface area contributed by atoms with Crippen LogP contribution in [-0.4, -0.2) is 22.2 Å². The van der Waals surface area contributed by atoms with Gasteiger partial charge in [-0.15, -0.1) is 0 Å². The van der Waals surface area contributed by atoms with Gasteiger partial charge in [-0.3, -0.25) is 14.7 Å². The number of nitrogens with zero attached hydrogens (tertiary/aromatic N) is 1. The monoisotopic (exact) mass is 740 g/mol. The molecule has 1 amide bonds. The summed E-state index contributed by atoms with van der Waals surface area (Å²) in [4.78, 5) is 27.8. The van der Waals surface area contributed by atoms with Gasteiger partial charge in [0.25, 0.3) is 11.5 Å². The first kappa shape index (κ1) is 36.6. The predicted octanol–water partition coefficient (Wildman–Crippen LogP) is 12.0. The summed E-state index contributed by atoms with van der Waals surface area (Å²) in [6, 6.07) is 15.1. The molecule has 0 atom stereocenters. The van der Waals surface area contributed by atoms with Gasteiger partial charge in [-0.2, -0.15) is 0 Å². The molecule has 0 saturated carbocycles. The Balaban J connectivity index is 1.46. The van der Waals surface area contributed by atoms with E-state index < -0.39 is 5.56 Å². The van der Waals surface area contributed by atoms with Gasteiger partial charge in [-0.1, -0.05) is 141 Å². The second-order valence-electron chi connectivity index (χ2n) is 11.0. The van der Waals surface area contributed by atoms with E-state index >= 15 is 0 Å². The lowest BCUT2D eigenvalue weighted by atomic mass is 10.1. The van der Waals surface area contributed by atoms with E-state index in [2.05, 4.69) is 22.7 Å². The molecule has 12 heteroatoms. The molecule has 0 saturated heterocycles. The fourth-order valence-corrected chi connectivity index (χ4v) is 7.35. The fourth-order valence-electron chi connectivity index (χ4n) is 4.97. The van der Waals surface area contributed by atoms with Crippen LogP contribution in [0.4, 0.5) is 11.5 Å². The Kier molecular flexibility index (Phi) is 14.6. The second kappa shape index (κ2) is 18.3. The molecule has 0 bridgehead atoms. The average molecular weight is 743 g/mol. The number of halogens is 5. The van der Waals surface area contributed by atoms with Crippen LogP contribution >= 0.6 is 69.8 Å². The number of anilines is 2. The number of H-pyrrole nitrogens is 1. The highest BCUT2D eigenvalue weighted by Crippen LogP contribution is 2.37. The number of unbranched alkanes of at least 4 members (excludes halogenated alkanes) is 9. The molecule has 0 aliphatic rings. The molecule has 3 aromatic carbocycles. The molecule has 4 rings (SSSR count). The number of hydrogen-bond acceptors (Lipinski definition) is 4. The third kappa shape index (κ3) is 10.4. The number of amides is 1. The zero-order valence-electron chi connectivity index (χ0n) is 25.5. The van der Waals surface area contributed by atoms with Crippen molar-refractivity contribution < 1.29 is 4.79 Å². The molecule has 0 unspecified atom stereocenters. The minimum Gasteiger partial charge on any atom is -0.352 e. The molecular formula is C34H37Cl5N4O2S. The molecule has 46 heavy (non-hydrogen) atoms. The maximum atomic E-state index is 13.8. The van der Waals surface area contributed by atoms with E-state index in [-0.39, 0.29) is 21.6 Å². The van der Waals surface area contributed by atoms with Crippen LogP contribution in [-0.2, 0) is 0 Å². The first-order valence-electron chi connectivity index (χ1n) is 15.5. The van der Waals surface area contributed by atoms with E-state index in [1.807, 2.05) is 6.07 Å². The van der Waals surface area contributed by atoms with Crippen LogP contribution in [0.5, 0.6) is 0 Å². The van der Waals surface area contributed by atoms with Crippen molar-refractivity contribution in [1.29, 1.82) is 0 Å². The van der Waals surface area contributed by atoms with Gasteiger partial charge in [0.2, 0.25) is 0 Å². The summed E-state index contributed by atoms with van der Waals surface area (Å²) in [5.74, 6) is 0.188. The largest absolute Gasteiger partial charge is 0.352 e. The van der Waals surface area contributed by atoms with Crippen LogP contribution in [0.1, 0.15) is 81.5 Å². The number of carbonyl (C=O) groups is 1.